The first-order valence-corrected chi connectivity index (χ1v) is 10.5. The van der Waals surface area contributed by atoms with E-state index in [1.165, 1.54) is 18.2 Å². The molecule has 0 radical (unpaired) electrons. The van der Waals surface area contributed by atoms with Crippen molar-refractivity contribution in [2.45, 2.75) is 41.5 Å². The number of benzene rings is 2. The average Bonchev–Trinajstić information content (AvgIpc) is 2.70. The molecule has 0 spiro atoms. The number of alkyl halides is 3. The molecule has 0 saturated carbocycles. The summed E-state index contributed by atoms with van der Waals surface area (Å²) in [6.45, 7) is 0.541. The Morgan fingerprint density at radius 3 is 2.37 bits per heavy atom. The number of nitrogen functional groups attached to an aromatic ring is 1. The van der Waals surface area contributed by atoms with Crippen LogP contribution in [0.4, 0.5) is 24.5 Å². The molecule has 0 bridgehead atoms. The first-order valence-electron chi connectivity index (χ1n) is 8.98. The van der Waals surface area contributed by atoms with Gasteiger partial charge in [0.2, 0.25) is 9.84 Å². The average molecular weight is 444 g/mol. The molecule has 1 atom stereocenters. The van der Waals surface area contributed by atoms with Gasteiger partial charge in [-0.3, -0.25) is 4.79 Å². The number of nitrogens with one attached hydrogen (secondary N) is 1. The van der Waals surface area contributed by atoms with Crippen molar-refractivity contribution in [3.05, 3.63) is 42.5 Å². The van der Waals surface area contributed by atoms with Crippen molar-refractivity contribution in [1.29, 1.82) is 0 Å². The zero-order chi connectivity index (χ0) is 21.9. The van der Waals surface area contributed by atoms with Crippen LogP contribution in [0.25, 0.3) is 0 Å². The van der Waals surface area contributed by atoms with Gasteiger partial charge in [-0.15, -0.1) is 0 Å². The fourth-order valence-corrected chi connectivity index (χ4v) is 4.06. The molecule has 2 aromatic rings. The number of anilines is 2. The van der Waals surface area contributed by atoms with Gasteiger partial charge in [-0.25, -0.2) is 8.42 Å². The Hall–Kier alpha value is -2.79. The van der Waals surface area contributed by atoms with Gasteiger partial charge < -0.3 is 20.5 Å². The summed E-state index contributed by atoms with van der Waals surface area (Å²) in [4.78, 5) is 10.7. The number of carbonyl (C=O) groups is 1. The molecule has 2 aromatic carbocycles. The van der Waals surface area contributed by atoms with Gasteiger partial charge in [0.05, 0.1) is 22.1 Å². The van der Waals surface area contributed by atoms with Crippen LogP contribution in [0.5, 0.6) is 5.75 Å². The molecular weight excluding hydrogens is 425 g/mol. The predicted molar refractivity (Wildman–Crippen MR) is 102 cm³/mol. The van der Waals surface area contributed by atoms with E-state index in [1.54, 1.807) is 5.32 Å². The molecule has 1 aliphatic rings. The van der Waals surface area contributed by atoms with Gasteiger partial charge in [-0.2, -0.15) is 13.2 Å². The molecule has 1 heterocycles. The Morgan fingerprint density at radius 2 is 1.77 bits per heavy atom. The maximum Gasteiger partial charge on any atom is 0.471 e. The fraction of sp³-hybridized carbons (Fsp3) is 0.316. The van der Waals surface area contributed by atoms with Crippen LogP contribution in [0.2, 0.25) is 0 Å². The van der Waals surface area contributed by atoms with E-state index in [0.717, 1.165) is 37.1 Å². The molecule has 3 rings (SSSR count). The molecular formula is C19H19F3N2O5S. The highest BCUT2D eigenvalue weighted by Crippen LogP contribution is 2.31. The molecule has 0 aliphatic carbocycles. The van der Waals surface area contributed by atoms with E-state index < -0.39 is 28.2 Å². The highest BCUT2D eigenvalue weighted by Gasteiger charge is 2.38. The monoisotopic (exact) mass is 444 g/mol. The van der Waals surface area contributed by atoms with Crippen LogP contribution in [0.3, 0.4) is 0 Å². The van der Waals surface area contributed by atoms with Gasteiger partial charge in [0.15, 0.2) is 6.29 Å². The zero-order valence-corrected chi connectivity index (χ0v) is 16.4. The fourth-order valence-electron chi connectivity index (χ4n) is 2.79. The predicted octanol–water partition coefficient (Wildman–Crippen LogP) is 3.51. The number of halogens is 3. The highest BCUT2D eigenvalue weighted by molar-refractivity contribution is 7.91. The lowest BCUT2D eigenvalue weighted by Crippen LogP contribution is -2.29. The summed E-state index contributed by atoms with van der Waals surface area (Å²) in [6, 6.07) is 8.32. The third-order valence-electron chi connectivity index (χ3n) is 4.37. The Morgan fingerprint density at radius 1 is 1.10 bits per heavy atom. The second-order valence-corrected chi connectivity index (χ2v) is 8.54. The number of rotatable bonds is 5. The van der Waals surface area contributed by atoms with Crippen LogP contribution >= 0.6 is 0 Å². The van der Waals surface area contributed by atoms with E-state index in [9.17, 15) is 26.4 Å². The Bertz CT molecular complexity index is 1020. The minimum atomic E-state index is -5.05. The first kappa shape index (κ1) is 21.9. The summed E-state index contributed by atoms with van der Waals surface area (Å²) >= 11 is 0. The smallest absolute Gasteiger partial charge is 0.463 e. The quantitative estimate of drug-likeness (QED) is 0.684. The maximum atomic E-state index is 12.9. The molecule has 1 unspecified atom stereocenters. The molecule has 162 valence electrons. The molecule has 1 saturated heterocycles. The normalized spacial score (nSPS) is 17.4. The Labute approximate surface area is 170 Å². The van der Waals surface area contributed by atoms with Crippen LogP contribution < -0.4 is 15.8 Å². The highest BCUT2D eigenvalue weighted by atomic mass is 32.2. The maximum absolute atomic E-state index is 12.9. The molecule has 1 fully saturated rings. The van der Waals surface area contributed by atoms with Gasteiger partial charge in [-0.1, -0.05) is 0 Å². The van der Waals surface area contributed by atoms with E-state index in [0.29, 0.717) is 13.0 Å². The van der Waals surface area contributed by atoms with Gasteiger partial charge in [0, 0.05) is 18.2 Å². The second-order valence-electron chi connectivity index (χ2n) is 6.59. The van der Waals surface area contributed by atoms with Crippen molar-refractivity contribution in [2.75, 3.05) is 17.7 Å². The third kappa shape index (κ3) is 5.03. The second kappa shape index (κ2) is 8.52. The van der Waals surface area contributed by atoms with Crippen molar-refractivity contribution < 1.29 is 35.9 Å². The SMILES string of the molecule is Nc1ccc(S(=O)(=O)c2ccc(NC(=O)C(F)(F)F)cc2)cc1OC1CCCCO1. The first-order chi connectivity index (χ1) is 14.1. The third-order valence-corrected chi connectivity index (χ3v) is 6.14. The topological polar surface area (TPSA) is 108 Å². The minimum absolute atomic E-state index is 0.102. The number of nitrogens with two attached hydrogens (primary N) is 1. The number of hydrogen-bond acceptors (Lipinski definition) is 6. The largest absolute Gasteiger partial charge is 0.471 e. The van der Waals surface area contributed by atoms with E-state index in [-0.39, 0.29) is 26.9 Å². The number of ether oxygens (including phenoxy) is 2. The summed E-state index contributed by atoms with van der Waals surface area (Å²) in [5.41, 5.74) is 5.94. The summed E-state index contributed by atoms with van der Waals surface area (Å²) in [5.74, 6) is -1.99. The summed E-state index contributed by atoms with van der Waals surface area (Å²) in [7, 11) is -4.00. The minimum Gasteiger partial charge on any atom is -0.463 e. The Kier molecular flexibility index (Phi) is 6.22. The van der Waals surface area contributed by atoms with Gasteiger partial charge in [-0.05, 0) is 49.2 Å². The van der Waals surface area contributed by atoms with E-state index >= 15 is 0 Å². The summed E-state index contributed by atoms with van der Waals surface area (Å²) in [5, 5.41) is 1.65. The lowest BCUT2D eigenvalue weighted by molar-refractivity contribution is -0.167. The molecule has 11 heteroatoms. The van der Waals surface area contributed by atoms with Crippen molar-refractivity contribution in [3.8, 4) is 5.75 Å². The lowest BCUT2D eigenvalue weighted by atomic mass is 10.2. The number of hydrogen-bond donors (Lipinski definition) is 2. The van der Waals surface area contributed by atoms with Crippen molar-refractivity contribution >= 4 is 27.1 Å². The molecule has 0 aromatic heterocycles. The molecule has 1 aliphatic heterocycles. The molecule has 3 N–H and O–H groups in total. The van der Waals surface area contributed by atoms with E-state index in [1.807, 2.05) is 0 Å². The number of amides is 1. The summed E-state index contributed by atoms with van der Waals surface area (Å²) in [6.07, 6.45) is -3.08. The lowest BCUT2D eigenvalue weighted by Gasteiger charge is -2.24. The number of sulfone groups is 1. The number of carbonyl (C=O) groups excluding carboxylic acids is 1. The van der Waals surface area contributed by atoms with Gasteiger partial charge in [0.25, 0.3) is 0 Å². The molecule has 1 amide bonds. The van der Waals surface area contributed by atoms with E-state index in [4.69, 9.17) is 15.2 Å². The van der Waals surface area contributed by atoms with Crippen LogP contribution in [0.15, 0.2) is 52.3 Å². The molecule has 30 heavy (non-hydrogen) atoms. The van der Waals surface area contributed by atoms with Crippen molar-refractivity contribution in [2.24, 2.45) is 0 Å². The van der Waals surface area contributed by atoms with Crippen LogP contribution in [-0.4, -0.2) is 33.4 Å². The van der Waals surface area contributed by atoms with Crippen molar-refractivity contribution in [1.82, 2.24) is 0 Å². The Balaban J connectivity index is 1.81. The summed E-state index contributed by atoms with van der Waals surface area (Å²) < 4.78 is 73.9. The van der Waals surface area contributed by atoms with E-state index in [2.05, 4.69) is 0 Å². The van der Waals surface area contributed by atoms with Gasteiger partial charge in [0.1, 0.15) is 5.75 Å². The van der Waals surface area contributed by atoms with Crippen LogP contribution in [-0.2, 0) is 19.4 Å². The van der Waals surface area contributed by atoms with Gasteiger partial charge >= 0.3 is 12.1 Å². The standard InChI is InChI=1S/C19H19F3N2O5S/c20-19(21,22)18(25)24-12-4-6-13(7-5-12)30(26,27)14-8-9-15(23)16(11-14)29-17-3-1-2-10-28-17/h4-9,11,17H,1-3,10,23H2,(H,24,25). The molecule has 7 nitrogen and oxygen atoms in total. The van der Waals surface area contributed by atoms with Crippen molar-refractivity contribution in [3.63, 3.8) is 0 Å². The van der Waals surface area contributed by atoms with Crippen LogP contribution in [0.1, 0.15) is 19.3 Å². The van der Waals surface area contributed by atoms with Crippen LogP contribution in [0, 0.1) is 0 Å². The zero-order valence-electron chi connectivity index (χ0n) is 15.6.